The van der Waals surface area contributed by atoms with Crippen molar-refractivity contribution < 1.29 is 12.8 Å². The fourth-order valence-corrected chi connectivity index (χ4v) is 2.48. The molecule has 4 nitrogen and oxygen atoms in total. The van der Waals surface area contributed by atoms with E-state index in [9.17, 15) is 12.8 Å². The quantitative estimate of drug-likeness (QED) is 0.910. The monoisotopic (exact) mass is 294 g/mol. The second kappa shape index (κ2) is 5.60. The summed E-state index contributed by atoms with van der Waals surface area (Å²) in [5, 5.41) is 8.13. The number of sulfonamides is 1. The van der Waals surface area contributed by atoms with Crippen LogP contribution in [0.3, 0.4) is 0 Å². The average molecular weight is 294 g/mol. The van der Waals surface area contributed by atoms with Crippen molar-refractivity contribution in [3.05, 3.63) is 59.9 Å². The molecule has 106 valence electrons. The van der Waals surface area contributed by atoms with Gasteiger partial charge in [-0.2, -0.15) is 0 Å². The van der Waals surface area contributed by atoms with Crippen LogP contribution in [0.25, 0.3) is 0 Å². The molecule has 0 aromatic heterocycles. The van der Waals surface area contributed by atoms with Gasteiger partial charge in [0.25, 0.3) is 0 Å². The summed E-state index contributed by atoms with van der Waals surface area (Å²) in [4.78, 5) is 0.0169. The van der Waals surface area contributed by atoms with Gasteiger partial charge < -0.3 is 5.32 Å². The molecule has 0 saturated carbocycles. The summed E-state index contributed by atoms with van der Waals surface area (Å²) in [5.74, 6) is -0.310. The van der Waals surface area contributed by atoms with Crippen LogP contribution in [-0.2, 0) is 10.0 Å². The Labute approximate surface area is 117 Å². The van der Waals surface area contributed by atoms with Crippen LogP contribution in [0.2, 0.25) is 0 Å². The summed E-state index contributed by atoms with van der Waals surface area (Å²) in [6.45, 7) is 1.79. The van der Waals surface area contributed by atoms with Crippen molar-refractivity contribution in [2.24, 2.45) is 5.14 Å². The van der Waals surface area contributed by atoms with Gasteiger partial charge in [0.05, 0.1) is 10.9 Å². The number of nitrogens with one attached hydrogen (secondary N) is 1. The minimum absolute atomic E-state index is 0.0169. The Bertz CT molecular complexity index is 717. The van der Waals surface area contributed by atoms with Crippen molar-refractivity contribution in [1.82, 2.24) is 0 Å². The van der Waals surface area contributed by atoms with Crippen LogP contribution in [0.15, 0.2) is 53.4 Å². The summed E-state index contributed by atoms with van der Waals surface area (Å²) < 4.78 is 36.2. The number of benzene rings is 2. The van der Waals surface area contributed by atoms with Gasteiger partial charge in [0.1, 0.15) is 5.82 Å². The van der Waals surface area contributed by atoms with Gasteiger partial charge in [-0.25, -0.2) is 17.9 Å². The molecule has 0 heterocycles. The van der Waals surface area contributed by atoms with E-state index in [1.807, 2.05) is 0 Å². The largest absolute Gasteiger partial charge is 0.378 e. The van der Waals surface area contributed by atoms with E-state index in [0.29, 0.717) is 11.3 Å². The highest BCUT2D eigenvalue weighted by Crippen LogP contribution is 2.22. The Balaban J connectivity index is 2.25. The maximum atomic E-state index is 13.7. The van der Waals surface area contributed by atoms with E-state index in [-0.39, 0.29) is 16.8 Å². The molecule has 0 amide bonds. The van der Waals surface area contributed by atoms with E-state index in [1.165, 1.54) is 18.2 Å². The lowest BCUT2D eigenvalue weighted by Crippen LogP contribution is -2.13. The molecule has 0 saturated heterocycles. The van der Waals surface area contributed by atoms with Gasteiger partial charge >= 0.3 is 0 Å². The Hall–Kier alpha value is -1.92. The number of hydrogen-bond acceptors (Lipinski definition) is 3. The predicted octanol–water partition coefficient (Wildman–Crippen LogP) is 2.65. The lowest BCUT2D eigenvalue weighted by atomic mass is 10.1. The van der Waals surface area contributed by atoms with Gasteiger partial charge in [0, 0.05) is 11.3 Å². The lowest BCUT2D eigenvalue weighted by molar-refractivity contribution is 0.596. The number of hydrogen-bond donors (Lipinski definition) is 2. The Morgan fingerprint density at radius 2 is 1.85 bits per heavy atom. The highest BCUT2D eigenvalue weighted by atomic mass is 32.2. The third-order valence-corrected chi connectivity index (χ3v) is 3.83. The molecule has 0 aliphatic carbocycles. The lowest BCUT2D eigenvalue weighted by Gasteiger charge is -2.16. The standard InChI is InChI=1S/C14H15FN2O2S/c1-10(13-7-2-3-8-14(13)15)17-11-5-4-6-12(9-11)20(16,18)19/h2-10,17H,1H3,(H2,16,18,19). The van der Waals surface area contributed by atoms with E-state index < -0.39 is 10.0 Å². The smallest absolute Gasteiger partial charge is 0.238 e. The molecule has 0 aliphatic heterocycles. The molecular formula is C14H15FN2O2S. The average Bonchev–Trinajstić information content (AvgIpc) is 2.38. The molecule has 0 bridgehead atoms. The zero-order chi connectivity index (χ0) is 14.8. The van der Waals surface area contributed by atoms with Crippen molar-refractivity contribution in [1.29, 1.82) is 0 Å². The molecule has 20 heavy (non-hydrogen) atoms. The molecule has 1 unspecified atom stereocenters. The first-order valence-corrected chi connectivity index (χ1v) is 7.56. The molecule has 1 atom stereocenters. The fraction of sp³-hybridized carbons (Fsp3) is 0.143. The van der Waals surface area contributed by atoms with Crippen LogP contribution in [0.5, 0.6) is 0 Å². The molecule has 0 spiro atoms. The van der Waals surface area contributed by atoms with Crippen LogP contribution in [0.4, 0.5) is 10.1 Å². The van der Waals surface area contributed by atoms with E-state index in [2.05, 4.69) is 5.32 Å². The van der Waals surface area contributed by atoms with Crippen LogP contribution >= 0.6 is 0 Å². The van der Waals surface area contributed by atoms with Gasteiger partial charge in [0.2, 0.25) is 10.0 Å². The molecule has 2 rings (SSSR count). The van der Waals surface area contributed by atoms with Gasteiger partial charge in [-0.1, -0.05) is 24.3 Å². The van der Waals surface area contributed by atoms with Gasteiger partial charge in [-0.05, 0) is 31.2 Å². The summed E-state index contributed by atoms with van der Waals surface area (Å²) in [7, 11) is -3.75. The maximum Gasteiger partial charge on any atom is 0.238 e. The Kier molecular flexibility index (Phi) is 4.06. The molecule has 0 fully saturated rings. The predicted molar refractivity (Wildman–Crippen MR) is 76.3 cm³/mol. The van der Waals surface area contributed by atoms with Crippen molar-refractivity contribution in [2.75, 3.05) is 5.32 Å². The van der Waals surface area contributed by atoms with E-state index >= 15 is 0 Å². The second-order valence-electron chi connectivity index (χ2n) is 4.46. The molecule has 0 radical (unpaired) electrons. The van der Waals surface area contributed by atoms with Crippen molar-refractivity contribution in [2.45, 2.75) is 17.9 Å². The SMILES string of the molecule is CC(Nc1cccc(S(N)(=O)=O)c1)c1ccccc1F. The number of halogens is 1. The maximum absolute atomic E-state index is 13.7. The van der Waals surface area contributed by atoms with Gasteiger partial charge in [0.15, 0.2) is 0 Å². The molecule has 2 aromatic rings. The zero-order valence-corrected chi connectivity index (χ0v) is 11.7. The summed E-state index contributed by atoms with van der Waals surface area (Å²) in [6, 6.07) is 12.2. The van der Waals surface area contributed by atoms with Crippen LogP contribution in [0.1, 0.15) is 18.5 Å². The van der Waals surface area contributed by atoms with Gasteiger partial charge in [-0.15, -0.1) is 0 Å². The first-order chi connectivity index (χ1) is 9.38. The molecule has 3 N–H and O–H groups in total. The molecule has 6 heteroatoms. The van der Waals surface area contributed by atoms with E-state index in [0.717, 1.165) is 0 Å². The van der Waals surface area contributed by atoms with Crippen LogP contribution in [-0.4, -0.2) is 8.42 Å². The van der Waals surface area contributed by atoms with Crippen molar-refractivity contribution in [3.8, 4) is 0 Å². The summed E-state index contributed by atoms with van der Waals surface area (Å²) in [6.07, 6.45) is 0. The van der Waals surface area contributed by atoms with E-state index in [1.54, 1.807) is 37.3 Å². The topological polar surface area (TPSA) is 72.2 Å². The normalized spacial score (nSPS) is 12.9. The minimum atomic E-state index is -3.75. The number of primary sulfonamides is 1. The third kappa shape index (κ3) is 3.34. The zero-order valence-electron chi connectivity index (χ0n) is 10.9. The summed E-state index contributed by atoms with van der Waals surface area (Å²) in [5.41, 5.74) is 1.07. The first kappa shape index (κ1) is 14.5. The Morgan fingerprint density at radius 3 is 2.50 bits per heavy atom. The molecule has 2 aromatic carbocycles. The highest BCUT2D eigenvalue weighted by Gasteiger charge is 2.12. The number of nitrogens with two attached hydrogens (primary N) is 1. The van der Waals surface area contributed by atoms with Crippen molar-refractivity contribution in [3.63, 3.8) is 0 Å². The second-order valence-corrected chi connectivity index (χ2v) is 6.02. The highest BCUT2D eigenvalue weighted by molar-refractivity contribution is 7.89. The summed E-state index contributed by atoms with van der Waals surface area (Å²) >= 11 is 0. The van der Waals surface area contributed by atoms with Crippen LogP contribution < -0.4 is 10.5 Å². The van der Waals surface area contributed by atoms with E-state index in [4.69, 9.17) is 5.14 Å². The number of anilines is 1. The van der Waals surface area contributed by atoms with Gasteiger partial charge in [-0.3, -0.25) is 0 Å². The molecule has 0 aliphatic rings. The minimum Gasteiger partial charge on any atom is -0.378 e. The fourth-order valence-electron chi connectivity index (χ4n) is 1.92. The van der Waals surface area contributed by atoms with Crippen LogP contribution in [0, 0.1) is 5.82 Å². The number of rotatable bonds is 4. The third-order valence-electron chi connectivity index (χ3n) is 2.92. The first-order valence-electron chi connectivity index (χ1n) is 6.02. The molecular weight excluding hydrogens is 279 g/mol. The Morgan fingerprint density at radius 1 is 1.15 bits per heavy atom. The van der Waals surface area contributed by atoms with Crippen molar-refractivity contribution >= 4 is 15.7 Å².